The van der Waals surface area contributed by atoms with Crippen molar-refractivity contribution in [2.45, 2.75) is 20.0 Å². The van der Waals surface area contributed by atoms with Crippen LogP contribution < -0.4 is 4.74 Å². The van der Waals surface area contributed by atoms with Crippen LogP contribution in [-0.4, -0.2) is 16.1 Å². The molecule has 1 atom stereocenters. The number of carboxylic acid groups (broad SMARTS) is 1. The molecule has 4 nitrogen and oxygen atoms in total. The van der Waals surface area contributed by atoms with Crippen molar-refractivity contribution >= 4 is 40.1 Å². The van der Waals surface area contributed by atoms with E-state index in [1.165, 1.54) is 0 Å². The third-order valence-corrected chi connectivity index (χ3v) is 5.99. The average Bonchev–Trinajstić information content (AvgIpc) is 3.23. The highest BCUT2D eigenvalue weighted by molar-refractivity contribution is 6.42. The van der Waals surface area contributed by atoms with Crippen molar-refractivity contribution in [3.05, 3.63) is 88.0 Å². The van der Waals surface area contributed by atoms with Crippen molar-refractivity contribution in [1.29, 1.82) is 0 Å². The molecule has 0 radical (unpaired) electrons. The molecule has 0 saturated carbocycles. The van der Waals surface area contributed by atoms with Gasteiger partial charge >= 0.3 is 5.97 Å². The highest BCUT2D eigenvalue weighted by Gasteiger charge is 2.15. The van der Waals surface area contributed by atoms with Crippen molar-refractivity contribution in [2.75, 3.05) is 0 Å². The summed E-state index contributed by atoms with van der Waals surface area (Å²) in [6.45, 7) is 2.05. The van der Waals surface area contributed by atoms with Gasteiger partial charge in [0, 0.05) is 17.3 Å². The van der Waals surface area contributed by atoms with Gasteiger partial charge in [-0.1, -0.05) is 48.3 Å². The van der Waals surface area contributed by atoms with Crippen LogP contribution in [0.5, 0.6) is 5.75 Å². The van der Waals surface area contributed by atoms with Crippen molar-refractivity contribution in [1.82, 2.24) is 4.98 Å². The fraction of sp³-hybridized carbons (Fsp3) is 0.160. The molecule has 1 heterocycles. The Hall–Kier alpha value is -2.95. The van der Waals surface area contributed by atoms with Crippen molar-refractivity contribution in [3.63, 3.8) is 0 Å². The van der Waals surface area contributed by atoms with Crippen LogP contribution in [0.2, 0.25) is 10.0 Å². The maximum atomic E-state index is 11.3. The molecule has 0 saturated heterocycles. The summed E-state index contributed by atoms with van der Waals surface area (Å²) in [4.78, 5) is 14.5. The van der Waals surface area contributed by atoms with Gasteiger partial charge in [-0.3, -0.25) is 4.79 Å². The molecule has 0 aliphatic rings. The maximum absolute atomic E-state index is 11.3. The molecule has 158 valence electrons. The van der Waals surface area contributed by atoms with Crippen LogP contribution in [-0.2, 0) is 17.8 Å². The van der Waals surface area contributed by atoms with E-state index >= 15 is 0 Å². The molecule has 3 aromatic carbocycles. The molecule has 2 N–H and O–H groups in total. The minimum Gasteiger partial charge on any atom is -0.488 e. The van der Waals surface area contributed by atoms with Gasteiger partial charge in [-0.15, -0.1) is 0 Å². The Morgan fingerprint density at radius 3 is 2.58 bits per heavy atom. The fourth-order valence-corrected chi connectivity index (χ4v) is 3.83. The number of benzene rings is 3. The van der Waals surface area contributed by atoms with E-state index in [1.807, 2.05) is 48.7 Å². The molecule has 0 bridgehead atoms. The second-order valence-electron chi connectivity index (χ2n) is 7.59. The molecule has 1 unspecified atom stereocenters. The lowest BCUT2D eigenvalue weighted by Crippen LogP contribution is -2.12. The highest BCUT2D eigenvalue weighted by Crippen LogP contribution is 2.34. The Bertz CT molecular complexity index is 1250. The first-order chi connectivity index (χ1) is 14.9. The quantitative estimate of drug-likeness (QED) is 0.317. The van der Waals surface area contributed by atoms with Crippen molar-refractivity contribution in [3.8, 4) is 16.9 Å². The topological polar surface area (TPSA) is 62.3 Å². The number of rotatable bonds is 7. The molecular formula is C25H21Cl2NO3. The van der Waals surface area contributed by atoms with Gasteiger partial charge < -0.3 is 14.8 Å². The van der Waals surface area contributed by atoms with Crippen LogP contribution in [0, 0.1) is 5.92 Å². The minimum atomic E-state index is -0.810. The van der Waals surface area contributed by atoms with E-state index in [0.29, 0.717) is 28.8 Å². The number of hydrogen-bond donors (Lipinski definition) is 2. The standard InChI is InChI=1S/C25H21Cl2NO3/c1-15(25(29)30)10-16-3-7-24(31-14-17-2-5-21(26)22(27)12-17)20(11-16)18-4-6-23-19(13-18)8-9-28-23/h2-9,11-13,15,28H,10,14H2,1H3,(H,29,30). The smallest absolute Gasteiger partial charge is 0.306 e. The summed E-state index contributed by atoms with van der Waals surface area (Å²) in [5.74, 6) is -0.564. The van der Waals surface area contributed by atoms with Crippen LogP contribution in [0.15, 0.2) is 66.9 Å². The van der Waals surface area contributed by atoms with Crippen LogP contribution in [0.3, 0.4) is 0 Å². The van der Waals surface area contributed by atoms with Gasteiger partial charge in [0.05, 0.1) is 16.0 Å². The molecule has 4 rings (SSSR count). The van der Waals surface area contributed by atoms with Gasteiger partial charge in [0.15, 0.2) is 0 Å². The third-order valence-electron chi connectivity index (χ3n) is 5.25. The number of hydrogen-bond acceptors (Lipinski definition) is 2. The summed E-state index contributed by atoms with van der Waals surface area (Å²) < 4.78 is 6.15. The first-order valence-electron chi connectivity index (χ1n) is 9.90. The highest BCUT2D eigenvalue weighted by atomic mass is 35.5. The molecule has 4 aromatic rings. The van der Waals surface area contributed by atoms with Crippen LogP contribution in [0.4, 0.5) is 0 Å². The van der Waals surface area contributed by atoms with E-state index in [-0.39, 0.29) is 0 Å². The predicted molar refractivity (Wildman–Crippen MR) is 125 cm³/mol. The average molecular weight is 454 g/mol. The van der Waals surface area contributed by atoms with Gasteiger partial charge in [0.25, 0.3) is 0 Å². The lowest BCUT2D eigenvalue weighted by Gasteiger charge is -2.15. The van der Waals surface area contributed by atoms with E-state index < -0.39 is 11.9 Å². The van der Waals surface area contributed by atoms with Crippen LogP contribution in [0.25, 0.3) is 22.0 Å². The summed E-state index contributed by atoms with van der Waals surface area (Å²) in [5.41, 5.74) is 4.82. The first-order valence-corrected chi connectivity index (χ1v) is 10.7. The van der Waals surface area contributed by atoms with E-state index in [4.69, 9.17) is 27.9 Å². The molecule has 0 aliphatic carbocycles. The molecule has 0 fully saturated rings. The zero-order valence-corrected chi connectivity index (χ0v) is 18.4. The number of halogens is 2. The van der Waals surface area contributed by atoms with E-state index in [9.17, 15) is 9.90 Å². The molecule has 0 spiro atoms. The van der Waals surface area contributed by atoms with E-state index in [2.05, 4.69) is 11.1 Å². The lowest BCUT2D eigenvalue weighted by atomic mass is 9.96. The molecular weight excluding hydrogens is 433 g/mol. The number of carboxylic acids is 1. The van der Waals surface area contributed by atoms with Crippen LogP contribution in [0.1, 0.15) is 18.1 Å². The Morgan fingerprint density at radius 1 is 1.00 bits per heavy atom. The van der Waals surface area contributed by atoms with Crippen molar-refractivity contribution < 1.29 is 14.6 Å². The zero-order valence-electron chi connectivity index (χ0n) is 16.9. The lowest BCUT2D eigenvalue weighted by molar-refractivity contribution is -0.141. The van der Waals surface area contributed by atoms with E-state index in [1.54, 1.807) is 19.1 Å². The molecule has 0 amide bonds. The Labute approximate surface area is 190 Å². The molecule has 31 heavy (non-hydrogen) atoms. The fourth-order valence-electron chi connectivity index (χ4n) is 3.51. The molecule has 1 aromatic heterocycles. The normalized spacial score (nSPS) is 12.1. The zero-order chi connectivity index (χ0) is 22.0. The third kappa shape index (κ3) is 4.87. The SMILES string of the molecule is CC(Cc1ccc(OCc2ccc(Cl)c(Cl)c2)c(-c2ccc3[nH]ccc3c2)c1)C(=O)O. The Morgan fingerprint density at radius 2 is 1.81 bits per heavy atom. The van der Waals surface area contributed by atoms with Gasteiger partial charge in [0.1, 0.15) is 12.4 Å². The first kappa shape index (κ1) is 21.3. The van der Waals surface area contributed by atoms with Gasteiger partial charge in [-0.05, 0) is 71.0 Å². The van der Waals surface area contributed by atoms with Crippen molar-refractivity contribution in [2.24, 2.45) is 5.92 Å². The van der Waals surface area contributed by atoms with Gasteiger partial charge in [-0.2, -0.15) is 0 Å². The number of aliphatic carboxylic acids is 1. The second-order valence-corrected chi connectivity index (χ2v) is 8.41. The predicted octanol–water partition coefficient (Wildman–Crippen LogP) is 6.98. The number of carbonyl (C=O) groups is 1. The summed E-state index contributed by atoms with van der Waals surface area (Å²) in [6.07, 6.45) is 2.35. The molecule has 6 heteroatoms. The van der Waals surface area contributed by atoms with E-state index in [0.717, 1.165) is 33.2 Å². The summed E-state index contributed by atoms with van der Waals surface area (Å²) in [7, 11) is 0. The second kappa shape index (κ2) is 9.04. The summed E-state index contributed by atoms with van der Waals surface area (Å²) in [5, 5.41) is 11.4. The number of aromatic nitrogens is 1. The largest absolute Gasteiger partial charge is 0.488 e. The number of ether oxygens (including phenoxy) is 1. The number of aromatic amines is 1. The number of H-pyrrole nitrogens is 1. The van der Waals surface area contributed by atoms with Crippen LogP contribution >= 0.6 is 23.2 Å². The monoisotopic (exact) mass is 453 g/mol. The van der Waals surface area contributed by atoms with Gasteiger partial charge in [0.2, 0.25) is 0 Å². The number of nitrogens with one attached hydrogen (secondary N) is 1. The summed E-state index contributed by atoms with van der Waals surface area (Å²) >= 11 is 12.1. The minimum absolute atomic E-state index is 0.334. The Kier molecular flexibility index (Phi) is 6.21. The Balaban J connectivity index is 1.68. The maximum Gasteiger partial charge on any atom is 0.306 e. The van der Waals surface area contributed by atoms with Gasteiger partial charge in [-0.25, -0.2) is 0 Å². The number of fused-ring (bicyclic) bond motifs is 1. The summed E-state index contributed by atoms with van der Waals surface area (Å²) in [6, 6.07) is 19.4. The molecule has 0 aliphatic heterocycles.